The van der Waals surface area contributed by atoms with Gasteiger partial charge in [0.1, 0.15) is 11.3 Å². The summed E-state index contributed by atoms with van der Waals surface area (Å²) in [6.45, 7) is 2.21. The van der Waals surface area contributed by atoms with Crippen molar-refractivity contribution in [1.82, 2.24) is 0 Å². The van der Waals surface area contributed by atoms with E-state index >= 15 is 0 Å². The molecule has 4 heteroatoms. The van der Waals surface area contributed by atoms with E-state index in [9.17, 15) is 9.90 Å². The highest BCUT2D eigenvalue weighted by atomic mass is 28.2. The predicted octanol–water partition coefficient (Wildman–Crippen LogP) is 2.66. The van der Waals surface area contributed by atoms with Crippen LogP contribution in [0.4, 0.5) is 0 Å². The molecule has 0 fully saturated rings. The first-order valence-corrected chi connectivity index (χ1v) is 8.91. The maximum Gasteiger partial charge on any atom is 0.339 e. The molecule has 0 unspecified atom stereocenters. The topological polar surface area (TPSA) is 57.5 Å². The average molecular weight is 280 g/mol. The first kappa shape index (κ1) is 15.8. The molecule has 0 aliphatic carbocycles. The molecule has 3 nitrogen and oxygen atoms in total. The highest BCUT2D eigenvalue weighted by molar-refractivity contribution is 6.54. The Kier molecular flexibility index (Phi) is 7.26. The number of unbranched alkanes of at least 4 members (excludes halogenated alkanes) is 5. The number of carboxylic acid groups (broad SMARTS) is 1. The van der Waals surface area contributed by atoms with Crippen molar-refractivity contribution in [2.24, 2.45) is 0 Å². The largest absolute Gasteiger partial charge is 0.507 e. The number of para-hydroxylation sites is 1. The number of carboxylic acids is 1. The van der Waals surface area contributed by atoms with Crippen LogP contribution in [0.5, 0.6) is 5.75 Å². The minimum atomic E-state index is -1.05. The van der Waals surface area contributed by atoms with Crippen LogP contribution in [0.15, 0.2) is 18.2 Å². The summed E-state index contributed by atoms with van der Waals surface area (Å²) in [4.78, 5) is 10.9. The number of carbonyl (C=O) groups is 1. The Morgan fingerprint density at radius 3 is 2.53 bits per heavy atom. The smallest absolute Gasteiger partial charge is 0.339 e. The fourth-order valence-corrected chi connectivity index (χ4v) is 3.95. The molecule has 0 aliphatic rings. The molecule has 1 rings (SSSR count). The quantitative estimate of drug-likeness (QED) is 0.540. The molecule has 1 aromatic carbocycles. The molecule has 19 heavy (non-hydrogen) atoms. The summed E-state index contributed by atoms with van der Waals surface area (Å²) in [7, 11) is -0.547. The van der Waals surface area contributed by atoms with Gasteiger partial charge in [0.2, 0.25) is 0 Å². The molecule has 0 amide bonds. The van der Waals surface area contributed by atoms with Gasteiger partial charge in [-0.3, -0.25) is 0 Å². The van der Waals surface area contributed by atoms with Crippen molar-refractivity contribution in [3.05, 3.63) is 23.8 Å². The fourth-order valence-electron chi connectivity index (χ4n) is 2.24. The van der Waals surface area contributed by atoms with Crippen LogP contribution < -0.4 is 5.19 Å². The zero-order valence-corrected chi connectivity index (χ0v) is 13.1. The Morgan fingerprint density at radius 2 is 1.84 bits per heavy atom. The molecule has 0 aromatic heterocycles. The fraction of sp³-hybridized carbons (Fsp3) is 0.533. The summed E-state index contributed by atoms with van der Waals surface area (Å²) in [5.74, 6) is -1.06. The SMILES string of the molecule is CCCCCCCC[SiH2]c1cccc(C(=O)O)c1O. The molecule has 0 aliphatic heterocycles. The highest BCUT2D eigenvalue weighted by Crippen LogP contribution is 2.14. The number of hydrogen-bond acceptors (Lipinski definition) is 2. The molecule has 0 atom stereocenters. The van der Waals surface area contributed by atoms with E-state index in [1.807, 2.05) is 6.07 Å². The van der Waals surface area contributed by atoms with Crippen molar-refractivity contribution in [2.75, 3.05) is 0 Å². The Morgan fingerprint density at radius 1 is 1.16 bits per heavy atom. The molecule has 0 saturated heterocycles. The van der Waals surface area contributed by atoms with Gasteiger partial charge in [-0.1, -0.05) is 63.6 Å². The first-order valence-electron chi connectivity index (χ1n) is 7.21. The molecule has 0 spiro atoms. The van der Waals surface area contributed by atoms with Crippen molar-refractivity contribution in [2.45, 2.75) is 51.5 Å². The predicted molar refractivity (Wildman–Crippen MR) is 81.4 cm³/mol. The summed E-state index contributed by atoms with van der Waals surface area (Å²) >= 11 is 0. The number of aromatic hydroxyl groups is 1. The lowest BCUT2D eigenvalue weighted by molar-refractivity contribution is 0.0694. The van der Waals surface area contributed by atoms with Crippen molar-refractivity contribution in [3.8, 4) is 5.75 Å². The number of benzene rings is 1. The zero-order chi connectivity index (χ0) is 14.1. The average Bonchev–Trinajstić information content (AvgIpc) is 2.39. The van der Waals surface area contributed by atoms with E-state index in [0.29, 0.717) is 0 Å². The normalized spacial score (nSPS) is 11.2. The highest BCUT2D eigenvalue weighted by Gasteiger charge is 2.12. The molecule has 2 N–H and O–H groups in total. The zero-order valence-electron chi connectivity index (χ0n) is 11.7. The van der Waals surface area contributed by atoms with Crippen LogP contribution in [0.2, 0.25) is 6.04 Å². The van der Waals surface area contributed by atoms with E-state index in [1.165, 1.54) is 44.6 Å². The number of rotatable bonds is 9. The monoisotopic (exact) mass is 280 g/mol. The van der Waals surface area contributed by atoms with Crippen molar-refractivity contribution in [3.63, 3.8) is 0 Å². The lowest BCUT2D eigenvalue weighted by Crippen LogP contribution is -2.16. The Balaban J connectivity index is 2.33. The van der Waals surface area contributed by atoms with Gasteiger partial charge in [0.05, 0.1) is 9.52 Å². The third kappa shape index (κ3) is 5.47. The maximum absolute atomic E-state index is 10.9. The molecule has 0 radical (unpaired) electrons. The van der Waals surface area contributed by atoms with Crippen molar-refractivity contribution >= 4 is 20.7 Å². The summed E-state index contributed by atoms with van der Waals surface area (Å²) in [6, 6.07) is 6.20. The Hall–Kier alpha value is -1.29. The van der Waals surface area contributed by atoms with Crippen LogP contribution >= 0.6 is 0 Å². The molecule has 0 saturated carbocycles. The molecular formula is C15H24O3Si. The lowest BCUT2D eigenvalue weighted by Gasteiger charge is -2.06. The molecule has 1 aromatic rings. The van der Waals surface area contributed by atoms with Crippen LogP contribution in [-0.4, -0.2) is 25.7 Å². The summed E-state index contributed by atoms with van der Waals surface area (Å²) in [5, 5.41) is 19.7. The second-order valence-electron chi connectivity index (χ2n) is 4.99. The number of aromatic carboxylic acids is 1. The van der Waals surface area contributed by atoms with Crippen LogP contribution in [0, 0.1) is 0 Å². The van der Waals surface area contributed by atoms with E-state index in [4.69, 9.17) is 5.11 Å². The van der Waals surface area contributed by atoms with E-state index < -0.39 is 15.5 Å². The first-order chi connectivity index (χ1) is 9.16. The van der Waals surface area contributed by atoms with Crippen LogP contribution in [0.1, 0.15) is 55.8 Å². The van der Waals surface area contributed by atoms with E-state index in [0.717, 1.165) is 11.2 Å². The second kappa shape index (κ2) is 8.75. The lowest BCUT2D eigenvalue weighted by atomic mass is 10.1. The second-order valence-corrected chi connectivity index (χ2v) is 6.96. The van der Waals surface area contributed by atoms with Gasteiger partial charge in [-0.2, -0.15) is 0 Å². The van der Waals surface area contributed by atoms with Gasteiger partial charge in [-0.15, -0.1) is 0 Å². The van der Waals surface area contributed by atoms with Gasteiger partial charge in [-0.05, 0) is 11.3 Å². The number of phenols is 1. The van der Waals surface area contributed by atoms with E-state index in [1.54, 1.807) is 6.07 Å². The summed E-state index contributed by atoms with van der Waals surface area (Å²) in [5.41, 5.74) is 0.0351. The van der Waals surface area contributed by atoms with Gasteiger partial charge in [-0.25, -0.2) is 4.79 Å². The van der Waals surface area contributed by atoms with Crippen molar-refractivity contribution < 1.29 is 15.0 Å². The maximum atomic E-state index is 10.9. The van der Waals surface area contributed by atoms with Gasteiger partial charge < -0.3 is 10.2 Å². The molecule has 0 heterocycles. The van der Waals surface area contributed by atoms with Crippen LogP contribution in [0.3, 0.4) is 0 Å². The minimum absolute atomic E-state index is 0.00681. The Labute approximate surface area is 117 Å². The van der Waals surface area contributed by atoms with Crippen LogP contribution in [0.25, 0.3) is 0 Å². The van der Waals surface area contributed by atoms with Gasteiger partial charge >= 0.3 is 5.97 Å². The summed E-state index contributed by atoms with van der Waals surface area (Å²) in [6.07, 6.45) is 7.66. The molecule has 106 valence electrons. The molecular weight excluding hydrogens is 256 g/mol. The van der Waals surface area contributed by atoms with Gasteiger partial charge in [0, 0.05) is 0 Å². The van der Waals surface area contributed by atoms with Gasteiger partial charge in [0.15, 0.2) is 0 Å². The standard InChI is InChI=1S/C15H24O3Si/c1-2-3-4-5-6-7-11-19-13-10-8-9-12(14(13)16)15(17)18/h8-10,16H,2-7,11,19H2,1H3,(H,17,18). The van der Waals surface area contributed by atoms with E-state index in [-0.39, 0.29) is 11.3 Å². The minimum Gasteiger partial charge on any atom is -0.507 e. The Bertz CT molecular complexity index is 404. The van der Waals surface area contributed by atoms with Gasteiger partial charge in [0.25, 0.3) is 0 Å². The molecule has 0 bridgehead atoms. The number of hydrogen-bond donors (Lipinski definition) is 2. The summed E-state index contributed by atoms with van der Waals surface area (Å²) < 4.78 is 0. The third-order valence-electron chi connectivity index (χ3n) is 3.40. The van der Waals surface area contributed by atoms with Crippen molar-refractivity contribution in [1.29, 1.82) is 0 Å². The van der Waals surface area contributed by atoms with Crippen LogP contribution in [-0.2, 0) is 0 Å². The third-order valence-corrected chi connectivity index (χ3v) is 5.36. The van der Waals surface area contributed by atoms with E-state index in [2.05, 4.69) is 6.92 Å².